The second-order valence-electron chi connectivity index (χ2n) is 9.21. The molecular weight excluding hydrogens is 492 g/mol. The maximum Gasteiger partial charge on any atom is 0.270 e. The average molecular weight is 523 g/mol. The summed E-state index contributed by atoms with van der Waals surface area (Å²) in [5, 5.41) is 10.9. The summed E-state index contributed by atoms with van der Waals surface area (Å²) < 4.78 is 1.32. The van der Waals surface area contributed by atoms with Crippen molar-refractivity contribution in [2.24, 2.45) is 5.92 Å². The first-order valence-corrected chi connectivity index (χ1v) is 12.7. The molecule has 1 aliphatic rings. The number of rotatable bonds is 11. The van der Waals surface area contributed by atoms with E-state index in [9.17, 15) is 14.4 Å². The summed E-state index contributed by atoms with van der Waals surface area (Å²) in [7, 11) is 1.85. The van der Waals surface area contributed by atoms with E-state index in [2.05, 4.69) is 20.7 Å². The van der Waals surface area contributed by atoms with Crippen molar-refractivity contribution >= 4 is 29.1 Å². The third-order valence-corrected chi connectivity index (χ3v) is 6.63. The standard InChI is InChI=1S/C27H31ClN6O3/c1-18-14-32-34(11-10-33(26(36)19-5-6-19)23-4-3-9-30-17-23)27(37)24(18)13-25(35)31-16-21-12-22(28)8-7-20(21)15-29-2/h3-4,7-9,12,14,17,19,29H,5-6,10-11,13,15-16H2,1-2H3,(H,31,35). The second kappa shape index (κ2) is 12.1. The number of benzene rings is 1. The molecule has 2 heterocycles. The number of amides is 2. The highest BCUT2D eigenvalue weighted by Crippen LogP contribution is 2.32. The van der Waals surface area contributed by atoms with Crippen LogP contribution in [0.15, 0.2) is 53.7 Å². The van der Waals surface area contributed by atoms with E-state index in [1.165, 1.54) is 4.68 Å². The number of hydrogen-bond donors (Lipinski definition) is 2. The number of pyridine rings is 1. The van der Waals surface area contributed by atoms with Gasteiger partial charge in [-0.1, -0.05) is 17.7 Å². The topological polar surface area (TPSA) is 109 Å². The van der Waals surface area contributed by atoms with Gasteiger partial charge < -0.3 is 15.5 Å². The van der Waals surface area contributed by atoms with Crippen LogP contribution in [0.5, 0.6) is 0 Å². The van der Waals surface area contributed by atoms with Crippen LogP contribution in [0.2, 0.25) is 5.02 Å². The van der Waals surface area contributed by atoms with E-state index < -0.39 is 0 Å². The van der Waals surface area contributed by atoms with Gasteiger partial charge in [-0.25, -0.2) is 4.68 Å². The van der Waals surface area contributed by atoms with Gasteiger partial charge >= 0.3 is 0 Å². The molecular formula is C27H31ClN6O3. The Morgan fingerprint density at radius 2 is 1.97 bits per heavy atom. The second-order valence-corrected chi connectivity index (χ2v) is 9.64. The molecule has 2 amide bonds. The maximum absolute atomic E-state index is 13.2. The Morgan fingerprint density at radius 1 is 1.16 bits per heavy atom. The lowest BCUT2D eigenvalue weighted by Gasteiger charge is -2.23. The van der Waals surface area contributed by atoms with Gasteiger partial charge in [0, 0.05) is 42.3 Å². The molecule has 0 bridgehead atoms. The molecule has 2 aromatic heterocycles. The highest BCUT2D eigenvalue weighted by molar-refractivity contribution is 6.30. The summed E-state index contributed by atoms with van der Waals surface area (Å²) in [6.07, 6.45) is 6.57. The average Bonchev–Trinajstić information content (AvgIpc) is 3.74. The first-order valence-electron chi connectivity index (χ1n) is 12.3. The van der Waals surface area contributed by atoms with Crippen LogP contribution in [0.25, 0.3) is 0 Å². The predicted octanol–water partition coefficient (Wildman–Crippen LogP) is 2.62. The Bertz CT molecular complexity index is 1320. The SMILES string of the molecule is CNCc1ccc(Cl)cc1CNC(=O)Cc1c(C)cnn(CCN(C(=O)C2CC2)c2cccnc2)c1=O. The Balaban J connectivity index is 1.44. The van der Waals surface area contributed by atoms with Crippen molar-refractivity contribution in [3.05, 3.63) is 86.6 Å². The summed E-state index contributed by atoms with van der Waals surface area (Å²) in [4.78, 5) is 44.7. The summed E-state index contributed by atoms with van der Waals surface area (Å²) in [5.41, 5.74) is 3.34. The lowest BCUT2D eigenvalue weighted by atomic mass is 10.1. The fourth-order valence-electron chi connectivity index (χ4n) is 4.15. The van der Waals surface area contributed by atoms with Gasteiger partial charge in [-0.05, 0) is 67.8 Å². The fourth-order valence-corrected chi connectivity index (χ4v) is 4.34. The fraction of sp³-hybridized carbons (Fsp3) is 0.370. The van der Waals surface area contributed by atoms with Crippen molar-refractivity contribution in [1.82, 2.24) is 25.4 Å². The van der Waals surface area contributed by atoms with Crippen LogP contribution in [0.1, 0.15) is 35.1 Å². The molecule has 2 N–H and O–H groups in total. The Labute approximate surface area is 220 Å². The molecule has 9 nitrogen and oxygen atoms in total. The number of carbonyl (C=O) groups is 2. The number of halogens is 1. The van der Waals surface area contributed by atoms with E-state index in [0.29, 0.717) is 34.9 Å². The van der Waals surface area contributed by atoms with E-state index in [1.54, 1.807) is 36.5 Å². The smallest absolute Gasteiger partial charge is 0.270 e. The van der Waals surface area contributed by atoms with E-state index in [4.69, 9.17) is 11.6 Å². The first-order chi connectivity index (χ1) is 17.9. The van der Waals surface area contributed by atoms with Gasteiger partial charge in [-0.15, -0.1) is 0 Å². The number of aryl methyl sites for hydroxylation is 1. The van der Waals surface area contributed by atoms with E-state index in [0.717, 1.165) is 24.0 Å². The lowest BCUT2D eigenvalue weighted by Crippen LogP contribution is -2.38. The van der Waals surface area contributed by atoms with Gasteiger partial charge in [0.15, 0.2) is 0 Å². The zero-order valence-corrected chi connectivity index (χ0v) is 21.8. The number of anilines is 1. The third-order valence-electron chi connectivity index (χ3n) is 6.39. The minimum atomic E-state index is -0.334. The molecule has 1 saturated carbocycles. The van der Waals surface area contributed by atoms with Crippen LogP contribution < -0.4 is 21.1 Å². The van der Waals surface area contributed by atoms with E-state index in [1.807, 2.05) is 31.3 Å². The highest BCUT2D eigenvalue weighted by Gasteiger charge is 2.34. The van der Waals surface area contributed by atoms with Gasteiger partial charge in [0.05, 0.1) is 31.0 Å². The highest BCUT2D eigenvalue weighted by atomic mass is 35.5. The molecule has 37 heavy (non-hydrogen) atoms. The number of carbonyl (C=O) groups excluding carboxylic acids is 2. The number of hydrogen-bond acceptors (Lipinski definition) is 6. The van der Waals surface area contributed by atoms with Gasteiger partial charge in [0.1, 0.15) is 0 Å². The molecule has 1 fully saturated rings. The van der Waals surface area contributed by atoms with Crippen LogP contribution in [0.4, 0.5) is 5.69 Å². The Hall–Kier alpha value is -3.56. The largest absolute Gasteiger partial charge is 0.352 e. The van der Waals surface area contributed by atoms with Crippen LogP contribution >= 0.6 is 11.6 Å². The lowest BCUT2D eigenvalue weighted by molar-refractivity contribution is -0.121. The van der Waals surface area contributed by atoms with Crippen LogP contribution in [-0.4, -0.2) is 40.2 Å². The number of nitrogens with zero attached hydrogens (tertiary/aromatic N) is 4. The molecule has 4 rings (SSSR count). The summed E-state index contributed by atoms with van der Waals surface area (Å²) >= 11 is 6.14. The minimum absolute atomic E-state index is 0.0234. The van der Waals surface area contributed by atoms with Crippen molar-refractivity contribution in [2.45, 2.75) is 45.8 Å². The van der Waals surface area contributed by atoms with Gasteiger partial charge in [-0.3, -0.25) is 19.4 Å². The quantitative estimate of drug-likeness (QED) is 0.401. The Kier molecular flexibility index (Phi) is 8.68. The van der Waals surface area contributed by atoms with Crippen molar-refractivity contribution in [3.8, 4) is 0 Å². The van der Waals surface area contributed by atoms with Gasteiger partial charge in [0.25, 0.3) is 5.56 Å². The monoisotopic (exact) mass is 522 g/mol. The van der Waals surface area contributed by atoms with Crippen LogP contribution in [-0.2, 0) is 35.6 Å². The van der Waals surface area contributed by atoms with E-state index >= 15 is 0 Å². The normalized spacial score (nSPS) is 12.8. The van der Waals surface area contributed by atoms with Crippen LogP contribution in [0.3, 0.4) is 0 Å². The number of nitrogens with one attached hydrogen (secondary N) is 2. The van der Waals surface area contributed by atoms with Crippen molar-refractivity contribution in [3.63, 3.8) is 0 Å². The predicted molar refractivity (Wildman–Crippen MR) is 142 cm³/mol. The molecule has 0 saturated heterocycles. The number of aromatic nitrogens is 3. The van der Waals surface area contributed by atoms with Crippen molar-refractivity contribution in [2.75, 3.05) is 18.5 Å². The molecule has 194 valence electrons. The zero-order valence-electron chi connectivity index (χ0n) is 21.0. The van der Waals surface area contributed by atoms with Crippen molar-refractivity contribution in [1.29, 1.82) is 0 Å². The Morgan fingerprint density at radius 3 is 2.68 bits per heavy atom. The molecule has 1 aliphatic carbocycles. The molecule has 10 heteroatoms. The zero-order chi connectivity index (χ0) is 26.4. The molecule has 0 atom stereocenters. The molecule has 1 aromatic carbocycles. The molecule has 0 unspecified atom stereocenters. The summed E-state index contributed by atoms with van der Waals surface area (Å²) in [6.45, 7) is 3.21. The van der Waals surface area contributed by atoms with Gasteiger partial charge in [-0.2, -0.15) is 5.10 Å². The van der Waals surface area contributed by atoms with E-state index in [-0.39, 0.29) is 42.8 Å². The molecule has 3 aromatic rings. The molecule has 0 aliphatic heterocycles. The summed E-state index contributed by atoms with van der Waals surface area (Å²) in [5.74, 6) is -0.212. The van der Waals surface area contributed by atoms with Crippen LogP contribution in [0, 0.1) is 12.8 Å². The first kappa shape index (κ1) is 26.5. The van der Waals surface area contributed by atoms with Crippen molar-refractivity contribution < 1.29 is 9.59 Å². The van der Waals surface area contributed by atoms with Gasteiger partial charge in [0.2, 0.25) is 11.8 Å². The third kappa shape index (κ3) is 6.81. The minimum Gasteiger partial charge on any atom is -0.352 e. The maximum atomic E-state index is 13.2. The summed E-state index contributed by atoms with van der Waals surface area (Å²) in [6, 6.07) is 9.18. The molecule has 0 spiro atoms. The molecule has 0 radical (unpaired) electrons.